The average molecular weight is 289 g/mol. The normalized spacial score (nSPS) is 24.5. The number of rotatable bonds is 3. The van der Waals surface area contributed by atoms with E-state index in [1.54, 1.807) is 0 Å². The van der Waals surface area contributed by atoms with Crippen molar-refractivity contribution < 1.29 is 27.8 Å². The number of aliphatic hydroxyl groups is 1. The Hall–Kier alpha value is -1.51. The number of carboxylic acid groups (broad SMARTS) is 1. The first-order valence-corrected chi connectivity index (χ1v) is 6.94. The molecule has 1 aliphatic heterocycles. The summed E-state index contributed by atoms with van der Waals surface area (Å²) in [7, 11) is -4.06. The molecule has 1 fully saturated rings. The predicted octanol–water partition coefficient (Wildman–Crippen LogP) is 0.0342. The van der Waals surface area contributed by atoms with E-state index in [1.807, 2.05) is 0 Å². The molecule has 0 aromatic heterocycles. The molecule has 0 spiro atoms. The zero-order chi connectivity index (χ0) is 14.2. The van der Waals surface area contributed by atoms with Crippen LogP contribution < -0.4 is 0 Å². The third kappa shape index (κ3) is 2.60. The Morgan fingerprint density at radius 2 is 1.89 bits per heavy atom. The van der Waals surface area contributed by atoms with Crippen LogP contribution >= 0.6 is 0 Å². The van der Waals surface area contributed by atoms with Gasteiger partial charge in [-0.15, -0.1) is 0 Å². The molecule has 0 aliphatic carbocycles. The van der Waals surface area contributed by atoms with Crippen molar-refractivity contribution in [3.63, 3.8) is 0 Å². The highest BCUT2D eigenvalue weighted by Gasteiger charge is 2.43. The van der Waals surface area contributed by atoms with E-state index in [0.29, 0.717) is 0 Å². The first-order chi connectivity index (χ1) is 8.82. The number of carboxylic acids is 1. The fraction of sp³-hybridized carbons (Fsp3) is 0.364. The van der Waals surface area contributed by atoms with E-state index in [2.05, 4.69) is 0 Å². The van der Waals surface area contributed by atoms with E-state index in [9.17, 15) is 22.7 Å². The van der Waals surface area contributed by atoms with Crippen molar-refractivity contribution >= 4 is 16.0 Å². The minimum atomic E-state index is -4.06. The third-order valence-corrected chi connectivity index (χ3v) is 4.83. The summed E-state index contributed by atoms with van der Waals surface area (Å²) in [6.07, 6.45) is -1.17. The van der Waals surface area contributed by atoms with Crippen molar-refractivity contribution in [1.82, 2.24) is 4.31 Å². The van der Waals surface area contributed by atoms with Gasteiger partial charge < -0.3 is 10.2 Å². The lowest BCUT2D eigenvalue weighted by Gasteiger charge is -2.20. The van der Waals surface area contributed by atoms with Crippen LogP contribution in [-0.4, -0.2) is 47.6 Å². The lowest BCUT2D eigenvalue weighted by molar-refractivity contribution is -0.140. The van der Waals surface area contributed by atoms with Gasteiger partial charge in [-0.05, 0) is 24.3 Å². The lowest BCUT2D eigenvalue weighted by Crippen LogP contribution is -2.40. The van der Waals surface area contributed by atoms with Gasteiger partial charge in [0, 0.05) is 13.0 Å². The third-order valence-electron chi connectivity index (χ3n) is 2.94. The van der Waals surface area contributed by atoms with Crippen LogP contribution in [0, 0.1) is 5.82 Å². The molecule has 8 heteroatoms. The number of hydrogen-bond donors (Lipinski definition) is 2. The summed E-state index contributed by atoms with van der Waals surface area (Å²) in [4.78, 5) is 10.8. The van der Waals surface area contributed by atoms with Crippen molar-refractivity contribution in [3.05, 3.63) is 30.1 Å². The minimum Gasteiger partial charge on any atom is -0.480 e. The van der Waals surface area contributed by atoms with Crippen molar-refractivity contribution in [2.75, 3.05) is 6.54 Å². The molecule has 104 valence electrons. The van der Waals surface area contributed by atoms with Crippen LogP contribution in [0.4, 0.5) is 4.39 Å². The van der Waals surface area contributed by atoms with Gasteiger partial charge >= 0.3 is 5.97 Å². The SMILES string of the molecule is O=C(O)[C@@H]1C[C@@H](O)CN1S(=O)(=O)c1ccc(F)cc1. The van der Waals surface area contributed by atoms with Crippen molar-refractivity contribution in [3.8, 4) is 0 Å². The van der Waals surface area contributed by atoms with Gasteiger partial charge in [0.2, 0.25) is 10.0 Å². The number of halogens is 1. The molecule has 0 unspecified atom stereocenters. The maximum Gasteiger partial charge on any atom is 0.322 e. The van der Waals surface area contributed by atoms with Crippen molar-refractivity contribution in [2.45, 2.75) is 23.5 Å². The Morgan fingerprint density at radius 1 is 1.32 bits per heavy atom. The topological polar surface area (TPSA) is 94.9 Å². The molecule has 1 saturated heterocycles. The molecule has 2 rings (SSSR count). The van der Waals surface area contributed by atoms with Crippen LogP contribution in [0.3, 0.4) is 0 Å². The second kappa shape index (κ2) is 4.87. The van der Waals surface area contributed by atoms with Crippen molar-refractivity contribution in [1.29, 1.82) is 0 Å². The van der Waals surface area contributed by atoms with Gasteiger partial charge in [-0.3, -0.25) is 4.79 Å². The molecule has 0 bridgehead atoms. The Balaban J connectivity index is 2.38. The summed E-state index contributed by atoms with van der Waals surface area (Å²) >= 11 is 0. The quantitative estimate of drug-likeness (QED) is 0.819. The van der Waals surface area contributed by atoms with E-state index >= 15 is 0 Å². The summed E-state index contributed by atoms with van der Waals surface area (Å²) in [5, 5.41) is 18.4. The molecule has 1 aliphatic rings. The van der Waals surface area contributed by atoms with Crippen LogP contribution in [0.1, 0.15) is 6.42 Å². The number of β-amino-alcohol motifs (C(OH)–C–C–N with tert-alkyl or cyclic N) is 1. The number of nitrogens with zero attached hydrogens (tertiary/aromatic N) is 1. The molecule has 1 aromatic carbocycles. The second-order valence-electron chi connectivity index (χ2n) is 4.27. The molecule has 19 heavy (non-hydrogen) atoms. The maximum atomic E-state index is 12.8. The Labute approximate surface area is 109 Å². The van der Waals surface area contributed by atoms with E-state index in [1.165, 1.54) is 0 Å². The largest absolute Gasteiger partial charge is 0.480 e. The zero-order valence-corrected chi connectivity index (χ0v) is 10.5. The van der Waals surface area contributed by atoms with Gasteiger partial charge in [0.25, 0.3) is 0 Å². The molecule has 0 amide bonds. The predicted molar refractivity (Wildman–Crippen MR) is 62.3 cm³/mol. The number of carbonyl (C=O) groups is 1. The van der Waals surface area contributed by atoms with Crippen molar-refractivity contribution in [2.24, 2.45) is 0 Å². The highest BCUT2D eigenvalue weighted by molar-refractivity contribution is 7.89. The number of hydrogen-bond acceptors (Lipinski definition) is 4. The van der Waals surface area contributed by atoms with Gasteiger partial charge in [-0.2, -0.15) is 4.31 Å². The zero-order valence-electron chi connectivity index (χ0n) is 9.73. The standard InChI is InChI=1S/C11H12FNO5S/c12-7-1-3-9(4-2-7)19(17,18)13-6-8(14)5-10(13)11(15)16/h1-4,8,10,14H,5-6H2,(H,15,16)/t8-,10+/m1/s1. The summed E-state index contributed by atoms with van der Waals surface area (Å²) in [5.41, 5.74) is 0. The van der Waals surface area contributed by atoms with Gasteiger partial charge in [0.1, 0.15) is 11.9 Å². The van der Waals surface area contributed by atoms with Crippen LogP contribution in [0.25, 0.3) is 0 Å². The summed E-state index contributed by atoms with van der Waals surface area (Å²) in [6.45, 7) is -0.281. The number of aliphatic hydroxyl groups excluding tert-OH is 1. The van der Waals surface area contributed by atoms with E-state index < -0.39 is 34.0 Å². The molecular weight excluding hydrogens is 277 g/mol. The Kier molecular flexibility index (Phi) is 3.57. The van der Waals surface area contributed by atoms with Crippen LogP contribution in [0.15, 0.2) is 29.2 Å². The first kappa shape index (κ1) is 13.9. The minimum absolute atomic E-state index is 0.157. The summed E-state index contributed by atoms with van der Waals surface area (Å²) < 4.78 is 38.0. The lowest BCUT2D eigenvalue weighted by atomic mass is 10.2. The first-order valence-electron chi connectivity index (χ1n) is 5.50. The molecule has 2 atom stereocenters. The molecule has 0 radical (unpaired) electrons. The molecule has 6 nitrogen and oxygen atoms in total. The van der Waals surface area contributed by atoms with E-state index in [4.69, 9.17) is 5.11 Å². The summed E-state index contributed by atoms with van der Waals surface area (Å²) in [5.74, 6) is -1.91. The fourth-order valence-electron chi connectivity index (χ4n) is 2.02. The van der Waals surface area contributed by atoms with Gasteiger partial charge in [-0.1, -0.05) is 0 Å². The molecule has 0 saturated carbocycles. The number of sulfonamides is 1. The van der Waals surface area contributed by atoms with Crippen LogP contribution in [0.2, 0.25) is 0 Å². The molecular formula is C11H12FNO5S. The monoisotopic (exact) mass is 289 g/mol. The second-order valence-corrected chi connectivity index (χ2v) is 6.16. The van der Waals surface area contributed by atoms with Gasteiger partial charge in [0.05, 0.1) is 11.0 Å². The highest BCUT2D eigenvalue weighted by Crippen LogP contribution is 2.26. The maximum absolute atomic E-state index is 12.8. The van der Waals surface area contributed by atoms with Gasteiger partial charge in [0.15, 0.2) is 0 Å². The Morgan fingerprint density at radius 3 is 2.42 bits per heavy atom. The smallest absolute Gasteiger partial charge is 0.322 e. The fourth-order valence-corrected chi connectivity index (χ4v) is 3.65. The molecule has 1 aromatic rings. The number of aliphatic carboxylic acids is 1. The molecule has 1 heterocycles. The summed E-state index contributed by atoms with van der Waals surface area (Å²) in [6, 6.07) is 2.79. The Bertz CT molecular complexity index is 586. The van der Waals surface area contributed by atoms with Crippen LogP contribution in [-0.2, 0) is 14.8 Å². The van der Waals surface area contributed by atoms with Crippen LogP contribution in [0.5, 0.6) is 0 Å². The number of benzene rings is 1. The van der Waals surface area contributed by atoms with E-state index in [-0.39, 0.29) is 17.9 Å². The van der Waals surface area contributed by atoms with Gasteiger partial charge in [-0.25, -0.2) is 12.8 Å². The molecule has 2 N–H and O–H groups in total. The van der Waals surface area contributed by atoms with E-state index in [0.717, 1.165) is 28.6 Å². The highest BCUT2D eigenvalue weighted by atomic mass is 32.2. The average Bonchev–Trinajstić information content (AvgIpc) is 2.73.